The average molecular weight is 240 g/mol. The van der Waals surface area contributed by atoms with Crippen molar-refractivity contribution in [3.05, 3.63) is 0 Å². The molecule has 3 nitrogen and oxygen atoms in total. The van der Waals surface area contributed by atoms with E-state index in [1.807, 2.05) is 13.8 Å². The Morgan fingerprint density at radius 3 is 1.67 bits per heavy atom. The monoisotopic (exact) mass is 240 g/mol. The summed E-state index contributed by atoms with van der Waals surface area (Å²) in [5, 5.41) is 0. The lowest BCUT2D eigenvalue weighted by Gasteiger charge is -2.18. The Balaban J connectivity index is 4.00. The van der Waals surface area contributed by atoms with E-state index in [1.54, 1.807) is 13.8 Å². The molecular formula is C10H22FO3P. The Morgan fingerprint density at radius 2 is 1.40 bits per heavy atom. The van der Waals surface area contributed by atoms with Crippen molar-refractivity contribution in [3.8, 4) is 0 Å². The van der Waals surface area contributed by atoms with Crippen LogP contribution in [0.4, 0.5) is 4.20 Å². The Bertz CT molecular complexity index is 193. The number of hydrogen-bond acceptors (Lipinski definition) is 3. The van der Waals surface area contributed by atoms with Gasteiger partial charge in [0.15, 0.2) is 0 Å². The first-order valence-corrected chi connectivity index (χ1v) is 7.01. The summed E-state index contributed by atoms with van der Waals surface area (Å²) >= 11 is 0. The molecule has 0 aromatic heterocycles. The maximum absolute atomic E-state index is 13.3. The summed E-state index contributed by atoms with van der Waals surface area (Å²) < 4.78 is 34.1. The third-order valence-corrected chi connectivity index (χ3v) is 3.23. The molecule has 15 heavy (non-hydrogen) atoms. The van der Waals surface area contributed by atoms with Crippen LogP contribution in [0.25, 0.3) is 0 Å². The van der Waals surface area contributed by atoms with Gasteiger partial charge >= 0.3 is 7.91 Å². The molecule has 0 N–H and O–H groups in total. The smallest absolute Gasteiger partial charge is 0.281 e. The van der Waals surface area contributed by atoms with Crippen molar-refractivity contribution in [2.75, 3.05) is 0 Å². The fourth-order valence-electron chi connectivity index (χ4n) is 1.37. The lowest BCUT2D eigenvalue weighted by atomic mass is 10.2. The molecule has 5 heteroatoms. The van der Waals surface area contributed by atoms with Gasteiger partial charge in [-0.15, -0.1) is 4.20 Å². The van der Waals surface area contributed by atoms with Crippen LogP contribution >= 0.6 is 7.91 Å². The predicted molar refractivity (Wildman–Crippen MR) is 59.6 cm³/mol. The first kappa shape index (κ1) is 15.1. The highest BCUT2D eigenvalue weighted by atomic mass is 31.2. The maximum atomic E-state index is 13.3. The maximum Gasteiger partial charge on any atom is 0.513 e. The quantitative estimate of drug-likeness (QED) is 0.587. The van der Waals surface area contributed by atoms with Crippen LogP contribution in [-0.2, 0) is 13.6 Å². The second-order valence-corrected chi connectivity index (χ2v) is 5.12. The van der Waals surface area contributed by atoms with E-state index in [0.717, 1.165) is 12.8 Å². The second kappa shape index (κ2) is 7.37. The molecule has 2 atom stereocenters. The zero-order valence-corrected chi connectivity index (χ0v) is 10.9. The summed E-state index contributed by atoms with van der Waals surface area (Å²) in [7, 11) is -4.36. The van der Waals surface area contributed by atoms with E-state index in [9.17, 15) is 8.76 Å². The fourth-order valence-corrected chi connectivity index (χ4v) is 2.49. The van der Waals surface area contributed by atoms with E-state index in [2.05, 4.69) is 0 Å². The van der Waals surface area contributed by atoms with Crippen molar-refractivity contribution in [3.63, 3.8) is 0 Å². The molecule has 0 heterocycles. The molecule has 0 saturated heterocycles. The molecular weight excluding hydrogens is 218 g/mol. The summed E-state index contributed by atoms with van der Waals surface area (Å²) in [6.45, 7) is 7.32. The van der Waals surface area contributed by atoms with Gasteiger partial charge in [-0.3, -0.25) is 9.05 Å². The second-order valence-electron chi connectivity index (χ2n) is 3.84. The molecule has 0 aliphatic heterocycles. The number of halogens is 1. The van der Waals surface area contributed by atoms with Gasteiger partial charge in [-0.2, -0.15) is 0 Å². The molecule has 0 aromatic carbocycles. The van der Waals surface area contributed by atoms with Crippen LogP contribution < -0.4 is 0 Å². The van der Waals surface area contributed by atoms with Crippen LogP contribution in [-0.4, -0.2) is 12.2 Å². The lowest BCUT2D eigenvalue weighted by molar-refractivity contribution is 0.0970. The summed E-state index contributed by atoms with van der Waals surface area (Å²) in [5.41, 5.74) is 0. The standard InChI is InChI=1S/C10H22FO3P/c1-5-7-9(3)13-15(11,12)14-10(4)8-6-2/h9-10H,5-8H2,1-4H3. The van der Waals surface area contributed by atoms with Gasteiger partial charge < -0.3 is 0 Å². The van der Waals surface area contributed by atoms with Gasteiger partial charge in [-0.05, 0) is 26.7 Å². The highest BCUT2D eigenvalue weighted by Crippen LogP contribution is 2.52. The van der Waals surface area contributed by atoms with Crippen LogP contribution in [0.1, 0.15) is 53.4 Å². The van der Waals surface area contributed by atoms with Gasteiger partial charge in [0, 0.05) is 0 Å². The van der Waals surface area contributed by atoms with Gasteiger partial charge in [-0.25, -0.2) is 4.57 Å². The van der Waals surface area contributed by atoms with Crippen molar-refractivity contribution in [2.45, 2.75) is 65.6 Å². The fraction of sp³-hybridized carbons (Fsp3) is 1.00. The lowest BCUT2D eigenvalue weighted by Crippen LogP contribution is -2.10. The molecule has 0 aliphatic rings. The van der Waals surface area contributed by atoms with Crippen molar-refractivity contribution in [1.29, 1.82) is 0 Å². The van der Waals surface area contributed by atoms with Crippen LogP contribution in [0.3, 0.4) is 0 Å². The summed E-state index contributed by atoms with van der Waals surface area (Å²) in [4.78, 5) is 0. The Hall–Kier alpha value is 0.0800. The minimum atomic E-state index is -4.36. The molecule has 0 saturated carbocycles. The Morgan fingerprint density at radius 1 is 1.07 bits per heavy atom. The third-order valence-electron chi connectivity index (χ3n) is 2.00. The highest BCUT2D eigenvalue weighted by molar-refractivity contribution is 7.48. The van der Waals surface area contributed by atoms with Gasteiger partial charge in [0.25, 0.3) is 0 Å². The van der Waals surface area contributed by atoms with Crippen molar-refractivity contribution >= 4 is 7.91 Å². The molecule has 0 rings (SSSR count). The minimum absolute atomic E-state index is 0.361. The first-order chi connectivity index (χ1) is 6.91. The Labute approximate surface area is 92.0 Å². The first-order valence-electron chi connectivity index (χ1n) is 5.57. The number of rotatable bonds is 8. The molecule has 0 spiro atoms. The average Bonchev–Trinajstić information content (AvgIpc) is 2.01. The minimum Gasteiger partial charge on any atom is -0.281 e. The van der Waals surface area contributed by atoms with Crippen LogP contribution in [0.15, 0.2) is 0 Å². The topological polar surface area (TPSA) is 35.5 Å². The van der Waals surface area contributed by atoms with E-state index in [0.29, 0.717) is 12.8 Å². The molecule has 0 fully saturated rings. The molecule has 0 amide bonds. The van der Waals surface area contributed by atoms with Crippen molar-refractivity contribution in [2.24, 2.45) is 0 Å². The molecule has 0 radical (unpaired) electrons. The largest absolute Gasteiger partial charge is 0.513 e. The zero-order chi connectivity index (χ0) is 11.9. The highest BCUT2D eigenvalue weighted by Gasteiger charge is 2.29. The van der Waals surface area contributed by atoms with E-state index < -0.39 is 7.91 Å². The third kappa shape index (κ3) is 7.95. The van der Waals surface area contributed by atoms with Gasteiger partial charge in [0.1, 0.15) is 0 Å². The molecule has 92 valence electrons. The summed E-state index contributed by atoms with van der Waals surface area (Å²) in [6.07, 6.45) is 2.37. The SMILES string of the molecule is CCCC(C)OP(=O)(F)OC(C)CCC. The van der Waals surface area contributed by atoms with Gasteiger partial charge in [0.05, 0.1) is 12.2 Å². The van der Waals surface area contributed by atoms with E-state index in [4.69, 9.17) is 9.05 Å². The summed E-state index contributed by atoms with van der Waals surface area (Å²) in [6, 6.07) is 0. The number of hydrogen-bond donors (Lipinski definition) is 0. The van der Waals surface area contributed by atoms with Gasteiger partial charge in [0.2, 0.25) is 0 Å². The van der Waals surface area contributed by atoms with Gasteiger partial charge in [-0.1, -0.05) is 26.7 Å². The molecule has 0 aromatic rings. The van der Waals surface area contributed by atoms with Crippen LogP contribution in [0.2, 0.25) is 0 Å². The van der Waals surface area contributed by atoms with E-state index in [-0.39, 0.29) is 12.2 Å². The van der Waals surface area contributed by atoms with Crippen LogP contribution in [0.5, 0.6) is 0 Å². The molecule has 0 bridgehead atoms. The normalized spacial score (nSPS) is 19.5. The van der Waals surface area contributed by atoms with E-state index >= 15 is 0 Å². The summed E-state index contributed by atoms with van der Waals surface area (Å²) in [5.74, 6) is 0. The van der Waals surface area contributed by atoms with E-state index in [1.165, 1.54) is 0 Å². The molecule has 2 unspecified atom stereocenters. The molecule has 0 aliphatic carbocycles. The van der Waals surface area contributed by atoms with Crippen molar-refractivity contribution in [1.82, 2.24) is 0 Å². The zero-order valence-electron chi connectivity index (χ0n) is 10.0. The Kier molecular flexibility index (Phi) is 7.41. The van der Waals surface area contributed by atoms with Crippen molar-refractivity contribution < 1.29 is 17.8 Å². The predicted octanol–water partition coefficient (Wildman–Crippen LogP) is 4.47. The van der Waals surface area contributed by atoms with Crippen LogP contribution in [0, 0.1) is 0 Å².